The van der Waals surface area contributed by atoms with E-state index in [1.54, 1.807) is 18.2 Å². The first-order valence-corrected chi connectivity index (χ1v) is 9.98. The van der Waals surface area contributed by atoms with Crippen LogP contribution in [0.25, 0.3) is 0 Å². The van der Waals surface area contributed by atoms with Crippen molar-refractivity contribution in [1.82, 2.24) is 0 Å². The average molecular weight is 321 g/mol. The Labute approximate surface area is 126 Å². The molecule has 1 aromatic rings. The van der Waals surface area contributed by atoms with Crippen molar-refractivity contribution in [1.29, 1.82) is 0 Å². The van der Waals surface area contributed by atoms with Crippen LogP contribution in [-0.2, 0) is 4.43 Å². The zero-order valence-electron chi connectivity index (χ0n) is 12.1. The van der Waals surface area contributed by atoms with Crippen molar-refractivity contribution in [3.8, 4) is 0 Å². The lowest BCUT2D eigenvalue weighted by Gasteiger charge is -2.39. The summed E-state index contributed by atoms with van der Waals surface area (Å²) in [4.78, 5) is 0. The van der Waals surface area contributed by atoms with E-state index in [1.807, 2.05) is 0 Å². The number of halogens is 2. The van der Waals surface area contributed by atoms with E-state index < -0.39 is 8.32 Å². The second-order valence-corrected chi connectivity index (χ2v) is 11.9. The van der Waals surface area contributed by atoms with Crippen LogP contribution in [0.2, 0.25) is 28.2 Å². The molecule has 0 aromatic heterocycles. The fourth-order valence-corrected chi connectivity index (χ4v) is 3.32. The van der Waals surface area contributed by atoms with Gasteiger partial charge in [-0.3, -0.25) is 0 Å². The number of benzene rings is 1. The molecule has 108 valence electrons. The first kappa shape index (κ1) is 17.0. The van der Waals surface area contributed by atoms with E-state index in [9.17, 15) is 5.11 Å². The monoisotopic (exact) mass is 320 g/mol. The van der Waals surface area contributed by atoms with Crippen LogP contribution in [0.15, 0.2) is 18.2 Å². The summed E-state index contributed by atoms with van der Waals surface area (Å²) in [7, 11) is -1.95. The smallest absolute Gasteiger partial charge is 0.193 e. The minimum Gasteiger partial charge on any atom is -0.408 e. The van der Waals surface area contributed by atoms with Crippen molar-refractivity contribution in [2.75, 3.05) is 6.61 Å². The zero-order valence-corrected chi connectivity index (χ0v) is 14.6. The molecule has 0 unspecified atom stereocenters. The van der Waals surface area contributed by atoms with Gasteiger partial charge < -0.3 is 9.53 Å². The molecule has 0 bridgehead atoms. The predicted molar refractivity (Wildman–Crippen MR) is 84.6 cm³/mol. The number of aliphatic hydroxyl groups excluding tert-OH is 1. The third-order valence-corrected chi connectivity index (χ3v) is 8.59. The number of aliphatic hydroxyl groups is 1. The Hall–Kier alpha value is -0.0631. The van der Waals surface area contributed by atoms with Gasteiger partial charge in [-0.15, -0.1) is 0 Å². The van der Waals surface area contributed by atoms with Crippen LogP contribution in [-0.4, -0.2) is 20.0 Å². The summed E-state index contributed by atoms with van der Waals surface area (Å²) in [6.45, 7) is 10.7. The quantitative estimate of drug-likeness (QED) is 0.787. The van der Waals surface area contributed by atoms with Gasteiger partial charge in [0.2, 0.25) is 0 Å². The molecule has 1 rings (SSSR count). The van der Waals surface area contributed by atoms with Crippen molar-refractivity contribution in [3.63, 3.8) is 0 Å². The van der Waals surface area contributed by atoms with Gasteiger partial charge in [0, 0.05) is 10.0 Å². The largest absolute Gasteiger partial charge is 0.408 e. The third-order valence-electron chi connectivity index (χ3n) is 3.67. The Morgan fingerprint density at radius 2 is 1.63 bits per heavy atom. The van der Waals surface area contributed by atoms with E-state index in [2.05, 4.69) is 33.9 Å². The summed E-state index contributed by atoms with van der Waals surface area (Å²) < 4.78 is 6.22. The van der Waals surface area contributed by atoms with Gasteiger partial charge in [0.15, 0.2) is 8.32 Å². The van der Waals surface area contributed by atoms with E-state index in [0.717, 1.165) is 5.56 Å². The second kappa shape index (κ2) is 6.14. The standard InChI is InChI=1S/C14H22Cl2O2Si/c1-14(2,3)19(4,5)18-13(9-17)10-6-11(15)8-12(16)7-10/h6-8,13,17H,9H2,1-5H3/t13-/m0/s1. The third kappa shape index (κ3) is 4.47. The molecule has 0 spiro atoms. The van der Waals surface area contributed by atoms with Crippen molar-refractivity contribution in [3.05, 3.63) is 33.8 Å². The fourth-order valence-electron chi connectivity index (χ4n) is 1.50. The molecule has 2 nitrogen and oxygen atoms in total. The van der Waals surface area contributed by atoms with Gasteiger partial charge in [0.25, 0.3) is 0 Å². The van der Waals surface area contributed by atoms with E-state index in [1.165, 1.54) is 0 Å². The van der Waals surface area contributed by atoms with Gasteiger partial charge in [-0.05, 0) is 41.9 Å². The van der Waals surface area contributed by atoms with Gasteiger partial charge >= 0.3 is 0 Å². The predicted octanol–water partition coefficient (Wildman–Crippen LogP) is 5.05. The fraction of sp³-hybridized carbons (Fsp3) is 0.571. The molecule has 19 heavy (non-hydrogen) atoms. The summed E-state index contributed by atoms with van der Waals surface area (Å²) in [6, 6.07) is 5.26. The van der Waals surface area contributed by atoms with Crippen LogP contribution in [0.1, 0.15) is 32.4 Å². The van der Waals surface area contributed by atoms with E-state index in [-0.39, 0.29) is 17.7 Å². The Balaban J connectivity index is 3.02. The molecular weight excluding hydrogens is 299 g/mol. The molecule has 0 aliphatic rings. The first-order valence-electron chi connectivity index (χ1n) is 6.31. The van der Waals surface area contributed by atoms with Gasteiger partial charge in [-0.1, -0.05) is 44.0 Å². The number of hydrogen-bond acceptors (Lipinski definition) is 2. The van der Waals surface area contributed by atoms with Crippen LogP contribution < -0.4 is 0 Å². The lowest BCUT2D eigenvalue weighted by atomic mass is 10.1. The maximum atomic E-state index is 9.60. The van der Waals surface area contributed by atoms with Crippen LogP contribution in [0.5, 0.6) is 0 Å². The van der Waals surface area contributed by atoms with Crippen LogP contribution >= 0.6 is 23.2 Å². The van der Waals surface area contributed by atoms with Crippen molar-refractivity contribution in [2.24, 2.45) is 0 Å². The Bertz CT molecular complexity index is 421. The highest BCUT2D eigenvalue weighted by Gasteiger charge is 2.39. The summed E-state index contributed by atoms with van der Waals surface area (Å²) in [5, 5.41) is 10.8. The van der Waals surface area contributed by atoms with E-state index in [0.29, 0.717) is 10.0 Å². The normalized spacial score (nSPS) is 14.5. The molecule has 0 saturated carbocycles. The summed E-state index contributed by atoms with van der Waals surface area (Å²) in [6.07, 6.45) is -0.378. The van der Waals surface area contributed by atoms with Crippen molar-refractivity contribution < 1.29 is 9.53 Å². The summed E-state index contributed by atoms with van der Waals surface area (Å²) >= 11 is 12.0. The molecule has 0 saturated heterocycles. The Kier molecular flexibility index (Phi) is 5.49. The zero-order chi connectivity index (χ0) is 14.8. The highest BCUT2D eigenvalue weighted by Crippen LogP contribution is 2.40. The molecule has 0 amide bonds. The second-order valence-electron chi connectivity index (χ2n) is 6.25. The molecule has 0 radical (unpaired) electrons. The maximum Gasteiger partial charge on any atom is 0.193 e. The van der Waals surface area contributed by atoms with E-state index in [4.69, 9.17) is 27.6 Å². The Morgan fingerprint density at radius 1 is 1.16 bits per heavy atom. The van der Waals surface area contributed by atoms with Crippen molar-refractivity contribution >= 4 is 31.5 Å². The minimum absolute atomic E-state index is 0.0802. The molecule has 0 aliphatic carbocycles. The van der Waals surface area contributed by atoms with Crippen LogP contribution in [0, 0.1) is 0 Å². The molecule has 1 atom stereocenters. The molecule has 0 aliphatic heterocycles. The minimum atomic E-state index is -1.95. The number of rotatable bonds is 4. The van der Waals surface area contributed by atoms with Gasteiger partial charge in [-0.2, -0.15) is 0 Å². The van der Waals surface area contributed by atoms with Crippen molar-refractivity contribution in [2.45, 2.75) is 45.0 Å². The highest BCUT2D eigenvalue weighted by molar-refractivity contribution is 6.74. The van der Waals surface area contributed by atoms with Gasteiger partial charge in [0.05, 0.1) is 12.7 Å². The van der Waals surface area contributed by atoms with E-state index >= 15 is 0 Å². The highest BCUT2D eigenvalue weighted by atomic mass is 35.5. The lowest BCUT2D eigenvalue weighted by molar-refractivity contribution is 0.103. The Morgan fingerprint density at radius 3 is 2.00 bits per heavy atom. The molecule has 1 N–H and O–H groups in total. The maximum absolute atomic E-state index is 9.60. The van der Waals surface area contributed by atoms with Gasteiger partial charge in [-0.25, -0.2) is 0 Å². The van der Waals surface area contributed by atoms with Crippen LogP contribution in [0.4, 0.5) is 0 Å². The summed E-state index contributed by atoms with van der Waals surface area (Å²) in [5.74, 6) is 0. The molecule has 0 fully saturated rings. The topological polar surface area (TPSA) is 29.5 Å². The molecule has 5 heteroatoms. The number of hydrogen-bond donors (Lipinski definition) is 1. The summed E-state index contributed by atoms with van der Waals surface area (Å²) in [5.41, 5.74) is 0.824. The molecular formula is C14H22Cl2O2Si. The molecule has 1 aromatic carbocycles. The lowest BCUT2D eigenvalue weighted by Crippen LogP contribution is -2.42. The van der Waals surface area contributed by atoms with Gasteiger partial charge in [0.1, 0.15) is 0 Å². The molecule has 0 heterocycles. The first-order chi connectivity index (χ1) is 8.56. The average Bonchev–Trinajstić information content (AvgIpc) is 2.22. The SMILES string of the molecule is CC(C)(C)[Si](C)(C)O[C@@H](CO)c1cc(Cl)cc(Cl)c1. The van der Waals surface area contributed by atoms with Crippen LogP contribution in [0.3, 0.4) is 0 Å².